The summed E-state index contributed by atoms with van der Waals surface area (Å²) in [5.41, 5.74) is 3.17. The van der Waals surface area contributed by atoms with Crippen LogP contribution in [-0.4, -0.2) is 9.78 Å². The van der Waals surface area contributed by atoms with E-state index in [2.05, 4.69) is 11.2 Å². The molecular weight excluding hydrogens is 198 g/mol. The molecule has 0 radical (unpaired) electrons. The van der Waals surface area contributed by atoms with Crippen LogP contribution in [0.5, 0.6) is 0 Å². The highest BCUT2D eigenvalue weighted by Gasteiger charge is 2.00. The van der Waals surface area contributed by atoms with Gasteiger partial charge in [-0.15, -0.1) is 0 Å². The average molecular weight is 211 g/mol. The lowest BCUT2D eigenvalue weighted by Gasteiger charge is -2.06. The van der Waals surface area contributed by atoms with Crippen LogP contribution in [0.3, 0.4) is 0 Å². The SMILES string of the molecule is Cc1cc(C#N)ccc1CCn1cccn1. The van der Waals surface area contributed by atoms with E-state index in [1.54, 1.807) is 6.20 Å². The van der Waals surface area contributed by atoms with Gasteiger partial charge >= 0.3 is 0 Å². The molecule has 1 aromatic heterocycles. The van der Waals surface area contributed by atoms with E-state index in [9.17, 15) is 0 Å². The topological polar surface area (TPSA) is 41.6 Å². The normalized spacial score (nSPS) is 10.0. The van der Waals surface area contributed by atoms with E-state index in [0.717, 1.165) is 18.5 Å². The summed E-state index contributed by atoms with van der Waals surface area (Å²) in [6, 6.07) is 9.89. The number of nitrogens with zero attached hydrogens (tertiary/aromatic N) is 3. The number of nitriles is 1. The molecule has 0 N–H and O–H groups in total. The van der Waals surface area contributed by atoms with Gasteiger partial charge in [0.1, 0.15) is 0 Å². The van der Waals surface area contributed by atoms with Gasteiger partial charge in [-0.3, -0.25) is 4.68 Å². The summed E-state index contributed by atoms with van der Waals surface area (Å²) >= 11 is 0. The Labute approximate surface area is 94.9 Å². The monoisotopic (exact) mass is 211 g/mol. The fourth-order valence-electron chi connectivity index (χ4n) is 1.71. The number of hydrogen-bond acceptors (Lipinski definition) is 2. The first-order valence-corrected chi connectivity index (χ1v) is 5.26. The average Bonchev–Trinajstić information content (AvgIpc) is 2.80. The number of benzene rings is 1. The number of rotatable bonds is 3. The third-order valence-corrected chi connectivity index (χ3v) is 2.64. The molecule has 16 heavy (non-hydrogen) atoms. The first-order valence-electron chi connectivity index (χ1n) is 5.26. The molecule has 0 unspecified atom stereocenters. The molecule has 0 saturated heterocycles. The number of hydrogen-bond donors (Lipinski definition) is 0. The molecule has 0 aliphatic heterocycles. The van der Waals surface area contributed by atoms with Crippen LogP contribution in [0.2, 0.25) is 0 Å². The first-order chi connectivity index (χ1) is 7.79. The molecule has 80 valence electrons. The quantitative estimate of drug-likeness (QED) is 0.781. The summed E-state index contributed by atoms with van der Waals surface area (Å²) in [6.07, 6.45) is 4.68. The van der Waals surface area contributed by atoms with Crippen molar-refractivity contribution in [2.45, 2.75) is 19.9 Å². The van der Waals surface area contributed by atoms with E-state index < -0.39 is 0 Å². The highest BCUT2D eigenvalue weighted by Crippen LogP contribution is 2.11. The minimum Gasteiger partial charge on any atom is -0.272 e. The molecule has 3 nitrogen and oxygen atoms in total. The maximum absolute atomic E-state index is 8.77. The van der Waals surface area contributed by atoms with E-state index in [1.165, 1.54) is 11.1 Å². The Bertz CT molecular complexity index is 506. The molecule has 0 bridgehead atoms. The molecule has 0 atom stereocenters. The summed E-state index contributed by atoms with van der Waals surface area (Å²) in [6.45, 7) is 2.92. The van der Waals surface area contributed by atoms with Crippen molar-refractivity contribution >= 4 is 0 Å². The predicted octanol–water partition coefficient (Wildman–Crippen LogP) is 2.31. The van der Waals surface area contributed by atoms with Crippen LogP contribution < -0.4 is 0 Å². The van der Waals surface area contributed by atoms with Gasteiger partial charge in [-0.2, -0.15) is 10.4 Å². The highest BCUT2D eigenvalue weighted by atomic mass is 15.3. The zero-order chi connectivity index (χ0) is 11.4. The van der Waals surface area contributed by atoms with Gasteiger partial charge in [0.2, 0.25) is 0 Å². The molecule has 0 aliphatic rings. The van der Waals surface area contributed by atoms with E-state index in [-0.39, 0.29) is 0 Å². The summed E-state index contributed by atoms with van der Waals surface area (Å²) in [5.74, 6) is 0. The second-order valence-electron chi connectivity index (χ2n) is 3.77. The zero-order valence-corrected chi connectivity index (χ0v) is 9.22. The van der Waals surface area contributed by atoms with E-state index >= 15 is 0 Å². The van der Waals surface area contributed by atoms with Crippen molar-refractivity contribution in [3.63, 3.8) is 0 Å². The second-order valence-corrected chi connectivity index (χ2v) is 3.77. The van der Waals surface area contributed by atoms with Crippen molar-refractivity contribution in [2.24, 2.45) is 0 Å². The van der Waals surface area contributed by atoms with Crippen LogP contribution in [0.15, 0.2) is 36.7 Å². The standard InChI is InChI=1S/C13H13N3/c1-11-9-12(10-14)3-4-13(11)5-8-16-7-2-6-15-16/h2-4,6-7,9H,5,8H2,1H3. The Hall–Kier alpha value is -2.08. The van der Waals surface area contributed by atoms with Crippen molar-refractivity contribution in [3.05, 3.63) is 53.3 Å². The van der Waals surface area contributed by atoms with Crippen LogP contribution in [-0.2, 0) is 13.0 Å². The number of aryl methyl sites for hydroxylation is 3. The molecule has 0 aliphatic carbocycles. The van der Waals surface area contributed by atoms with Gasteiger partial charge in [0.25, 0.3) is 0 Å². The molecule has 2 rings (SSSR count). The predicted molar refractivity (Wildman–Crippen MR) is 61.8 cm³/mol. The third-order valence-electron chi connectivity index (χ3n) is 2.64. The van der Waals surface area contributed by atoms with Gasteiger partial charge in [-0.1, -0.05) is 6.07 Å². The summed E-state index contributed by atoms with van der Waals surface area (Å²) < 4.78 is 1.91. The van der Waals surface area contributed by atoms with E-state index in [1.807, 2.05) is 42.1 Å². The van der Waals surface area contributed by atoms with Crippen LogP contribution in [0.4, 0.5) is 0 Å². The fourth-order valence-corrected chi connectivity index (χ4v) is 1.71. The molecule has 0 saturated carbocycles. The highest BCUT2D eigenvalue weighted by molar-refractivity contribution is 5.37. The zero-order valence-electron chi connectivity index (χ0n) is 9.22. The molecule has 0 fully saturated rings. The lowest BCUT2D eigenvalue weighted by atomic mass is 10.0. The van der Waals surface area contributed by atoms with Gasteiger partial charge in [0.15, 0.2) is 0 Å². The van der Waals surface area contributed by atoms with Gasteiger partial charge < -0.3 is 0 Å². The van der Waals surface area contributed by atoms with E-state index in [0.29, 0.717) is 0 Å². The van der Waals surface area contributed by atoms with Crippen LogP contribution >= 0.6 is 0 Å². The van der Waals surface area contributed by atoms with Gasteiger partial charge in [0, 0.05) is 18.9 Å². The fraction of sp³-hybridized carbons (Fsp3) is 0.231. The summed E-state index contributed by atoms with van der Waals surface area (Å²) in [5, 5.41) is 12.9. The molecule has 1 heterocycles. The van der Waals surface area contributed by atoms with Crippen molar-refractivity contribution < 1.29 is 0 Å². The van der Waals surface area contributed by atoms with Gasteiger partial charge in [0.05, 0.1) is 11.6 Å². The van der Waals surface area contributed by atoms with Crippen molar-refractivity contribution in [2.75, 3.05) is 0 Å². The van der Waals surface area contributed by atoms with Crippen molar-refractivity contribution in [1.29, 1.82) is 5.26 Å². The molecule has 0 amide bonds. The molecule has 2 aromatic rings. The lowest BCUT2D eigenvalue weighted by molar-refractivity contribution is 0.613. The van der Waals surface area contributed by atoms with Crippen molar-refractivity contribution in [1.82, 2.24) is 9.78 Å². The maximum Gasteiger partial charge on any atom is 0.0991 e. The van der Waals surface area contributed by atoms with Crippen LogP contribution in [0.1, 0.15) is 16.7 Å². The Balaban J connectivity index is 2.08. The summed E-state index contributed by atoms with van der Waals surface area (Å²) in [4.78, 5) is 0. The lowest BCUT2D eigenvalue weighted by Crippen LogP contribution is -2.02. The summed E-state index contributed by atoms with van der Waals surface area (Å²) in [7, 11) is 0. The van der Waals surface area contributed by atoms with Crippen molar-refractivity contribution in [3.8, 4) is 6.07 Å². The Morgan fingerprint density at radius 2 is 2.31 bits per heavy atom. The van der Waals surface area contributed by atoms with Crippen LogP contribution in [0, 0.1) is 18.3 Å². The molecule has 0 spiro atoms. The largest absolute Gasteiger partial charge is 0.272 e. The molecule has 3 heteroatoms. The first kappa shape index (κ1) is 10.4. The minimum absolute atomic E-state index is 0.723. The van der Waals surface area contributed by atoms with Gasteiger partial charge in [-0.25, -0.2) is 0 Å². The third kappa shape index (κ3) is 2.29. The Morgan fingerprint density at radius 1 is 1.44 bits per heavy atom. The van der Waals surface area contributed by atoms with E-state index in [4.69, 9.17) is 5.26 Å². The smallest absolute Gasteiger partial charge is 0.0991 e. The number of aromatic nitrogens is 2. The van der Waals surface area contributed by atoms with Crippen LogP contribution in [0.25, 0.3) is 0 Å². The minimum atomic E-state index is 0.723. The molecule has 1 aromatic carbocycles. The maximum atomic E-state index is 8.77. The Morgan fingerprint density at radius 3 is 2.94 bits per heavy atom. The Kier molecular flexibility index (Phi) is 3.02. The molecular formula is C13H13N3. The second kappa shape index (κ2) is 4.63. The van der Waals surface area contributed by atoms with Gasteiger partial charge in [-0.05, 0) is 42.7 Å².